The highest BCUT2D eigenvalue weighted by molar-refractivity contribution is 5.84. The SMILES string of the molecule is CC[C@H]1C(=O)C[C@@H]2[C@@H]3CC[C@H]4C[C@@H](O)[C@@]5(O)C[C@@]4(CO5)[C@@H]3CC[C@@]21C. The zero-order valence-corrected chi connectivity index (χ0v) is 15.5. The van der Waals surface area contributed by atoms with Crippen molar-refractivity contribution in [1.82, 2.24) is 0 Å². The van der Waals surface area contributed by atoms with Gasteiger partial charge in [-0.3, -0.25) is 4.79 Å². The van der Waals surface area contributed by atoms with Crippen LogP contribution in [0.15, 0.2) is 0 Å². The molecule has 0 amide bonds. The van der Waals surface area contributed by atoms with Crippen molar-refractivity contribution in [3.8, 4) is 0 Å². The summed E-state index contributed by atoms with van der Waals surface area (Å²) in [5.41, 5.74) is 0.214. The van der Waals surface area contributed by atoms with Gasteiger partial charge in [0.05, 0.1) is 6.61 Å². The molecule has 4 aliphatic carbocycles. The molecule has 140 valence electrons. The van der Waals surface area contributed by atoms with Crippen molar-refractivity contribution in [3.05, 3.63) is 0 Å². The number of carbonyl (C=O) groups is 1. The first kappa shape index (κ1) is 16.7. The molecule has 0 aromatic heterocycles. The fourth-order valence-corrected chi connectivity index (χ4v) is 8.33. The number of hydrogen-bond donors (Lipinski definition) is 2. The van der Waals surface area contributed by atoms with Gasteiger partial charge in [-0.05, 0) is 67.6 Å². The zero-order valence-electron chi connectivity index (χ0n) is 15.5. The second kappa shape index (κ2) is 5.08. The number of fused-ring (bicyclic) bond motifs is 4. The smallest absolute Gasteiger partial charge is 0.192 e. The molecule has 0 radical (unpaired) electrons. The Hall–Kier alpha value is -0.450. The van der Waals surface area contributed by atoms with Gasteiger partial charge >= 0.3 is 0 Å². The highest BCUT2D eigenvalue weighted by atomic mass is 16.6. The summed E-state index contributed by atoms with van der Waals surface area (Å²) >= 11 is 0. The van der Waals surface area contributed by atoms with Crippen molar-refractivity contribution in [2.75, 3.05) is 6.61 Å². The molecule has 0 aromatic rings. The van der Waals surface area contributed by atoms with Crippen molar-refractivity contribution in [2.24, 2.45) is 40.4 Å². The van der Waals surface area contributed by atoms with E-state index in [0.29, 0.717) is 48.9 Å². The first-order valence-electron chi connectivity index (χ1n) is 10.4. The molecule has 1 spiro atoms. The predicted octanol–water partition coefficient (Wildman–Crippen LogP) is 2.90. The van der Waals surface area contributed by atoms with Gasteiger partial charge in [-0.25, -0.2) is 0 Å². The van der Waals surface area contributed by atoms with Gasteiger partial charge in [-0.2, -0.15) is 0 Å². The summed E-state index contributed by atoms with van der Waals surface area (Å²) in [6, 6.07) is 0. The molecule has 5 fully saturated rings. The molecule has 0 unspecified atom stereocenters. The lowest BCUT2D eigenvalue weighted by Crippen LogP contribution is -2.58. The van der Waals surface area contributed by atoms with E-state index in [4.69, 9.17) is 4.74 Å². The molecule has 2 bridgehead atoms. The largest absolute Gasteiger partial charge is 0.388 e. The number of ether oxygens (including phenoxy) is 1. The Morgan fingerprint density at radius 1 is 1.24 bits per heavy atom. The number of aliphatic hydroxyl groups excluding tert-OH is 1. The first-order valence-corrected chi connectivity index (χ1v) is 10.4. The molecule has 25 heavy (non-hydrogen) atoms. The zero-order chi connectivity index (χ0) is 17.6. The van der Waals surface area contributed by atoms with Crippen LogP contribution in [0.3, 0.4) is 0 Å². The van der Waals surface area contributed by atoms with E-state index in [-0.39, 0.29) is 16.7 Å². The molecule has 9 atom stereocenters. The van der Waals surface area contributed by atoms with E-state index in [1.165, 1.54) is 6.42 Å². The van der Waals surface area contributed by atoms with Crippen LogP contribution in [0.25, 0.3) is 0 Å². The summed E-state index contributed by atoms with van der Waals surface area (Å²) in [5, 5.41) is 21.1. The Morgan fingerprint density at radius 2 is 2.04 bits per heavy atom. The normalized spacial score (nSPS) is 60.1. The molecule has 5 aliphatic rings. The minimum absolute atomic E-state index is 0.0333. The van der Waals surface area contributed by atoms with E-state index < -0.39 is 11.9 Å². The van der Waals surface area contributed by atoms with E-state index in [0.717, 1.165) is 32.1 Å². The van der Waals surface area contributed by atoms with Crippen molar-refractivity contribution >= 4 is 5.78 Å². The van der Waals surface area contributed by atoms with Crippen molar-refractivity contribution in [3.63, 3.8) is 0 Å². The standard InChI is InChI=1S/C21H32O4/c1-3-14-17(22)9-16-13-5-4-12-8-18(23)21(24)10-20(12,11-25-21)15(13)6-7-19(14,16)2/h12-16,18,23-24H,3-11H2,1-2H3/t12-,13+,14-,15+,16+,18+,19+,20-,21+/m0/s1. The highest BCUT2D eigenvalue weighted by Gasteiger charge is 2.68. The molecule has 4 nitrogen and oxygen atoms in total. The first-order chi connectivity index (χ1) is 11.8. The number of Topliss-reactive ketones (excluding diaryl/α,β-unsaturated/α-hetero) is 1. The molecule has 1 saturated heterocycles. The summed E-state index contributed by atoms with van der Waals surface area (Å²) in [5.74, 6) is 1.55. The Labute approximate surface area is 150 Å². The number of carbonyl (C=O) groups excluding carboxylic acids is 1. The van der Waals surface area contributed by atoms with Crippen LogP contribution in [0, 0.1) is 40.4 Å². The maximum absolute atomic E-state index is 12.7. The number of ketones is 1. The van der Waals surface area contributed by atoms with Crippen molar-refractivity contribution < 1.29 is 19.7 Å². The fourth-order valence-electron chi connectivity index (χ4n) is 8.33. The highest BCUT2D eigenvalue weighted by Crippen LogP contribution is 2.69. The van der Waals surface area contributed by atoms with Crippen LogP contribution >= 0.6 is 0 Å². The van der Waals surface area contributed by atoms with E-state index in [1.54, 1.807) is 0 Å². The quantitative estimate of drug-likeness (QED) is 0.765. The predicted molar refractivity (Wildman–Crippen MR) is 92.5 cm³/mol. The fraction of sp³-hybridized carbons (Fsp3) is 0.952. The lowest BCUT2D eigenvalue weighted by molar-refractivity contribution is -0.242. The Bertz CT molecular complexity index is 605. The molecule has 4 heteroatoms. The van der Waals surface area contributed by atoms with Gasteiger partial charge in [0, 0.05) is 24.2 Å². The lowest BCUT2D eigenvalue weighted by Gasteiger charge is -2.60. The number of aliphatic hydroxyl groups is 2. The van der Waals surface area contributed by atoms with Gasteiger partial charge in [-0.1, -0.05) is 13.8 Å². The third-order valence-corrected chi connectivity index (χ3v) is 9.49. The van der Waals surface area contributed by atoms with Crippen LogP contribution in [0.1, 0.15) is 65.2 Å². The van der Waals surface area contributed by atoms with E-state index in [9.17, 15) is 15.0 Å². The average molecular weight is 348 g/mol. The van der Waals surface area contributed by atoms with Crippen molar-refractivity contribution in [2.45, 2.75) is 77.1 Å². The molecular formula is C21H32O4. The Kier molecular flexibility index (Phi) is 3.39. The second-order valence-corrected chi connectivity index (χ2v) is 10.1. The molecule has 2 N–H and O–H groups in total. The summed E-state index contributed by atoms with van der Waals surface area (Å²) < 4.78 is 5.82. The van der Waals surface area contributed by atoms with Gasteiger partial charge in [0.2, 0.25) is 0 Å². The minimum Gasteiger partial charge on any atom is -0.388 e. The van der Waals surface area contributed by atoms with Gasteiger partial charge in [0.1, 0.15) is 11.9 Å². The van der Waals surface area contributed by atoms with Gasteiger partial charge in [0.15, 0.2) is 5.79 Å². The van der Waals surface area contributed by atoms with Crippen LogP contribution < -0.4 is 0 Å². The Morgan fingerprint density at radius 3 is 2.80 bits per heavy atom. The third kappa shape index (κ3) is 1.92. The van der Waals surface area contributed by atoms with E-state index in [2.05, 4.69) is 13.8 Å². The van der Waals surface area contributed by atoms with Crippen LogP contribution in [0.5, 0.6) is 0 Å². The third-order valence-electron chi connectivity index (χ3n) is 9.49. The topological polar surface area (TPSA) is 66.8 Å². The number of hydrogen-bond acceptors (Lipinski definition) is 4. The molecule has 4 saturated carbocycles. The summed E-state index contributed by atoms with van der Waals surface area (Å²) in [4.78, 5) is 12.7. The van der Waals surface area contributed by atoms with Crippen LogP contribution in [0.2, 0.25) is 0 Å². The van der Waals surface area contributed by atoms with Crippen LogP contribution in [0.4, 0.5) is 0 Å². The van der Waals surface area contributed by atoms with Crippen molar-refractivity contribution in [1.29, 1.82) is 0 Å². The van der Waals surface area contributed by atoms with Crippen LogP contribution in [-0.2, 0) is 9.53 Å². The molecule has 1 aliphatic heterocycles. The minimum atomic E-state index is -1.32. The number of rotatable bonds is 1. The summed E-state index contributed by atoms with van der Waals surface area (Å²) in [7, 11) is 0. The summed E-state index contributed by atoms with van der Waals surface area (Å²) in [6.07, 6.45) is 6.89. The molecule has 5 rings (SSSR count). The average Bonchev–Trinajstić information content (AvgIpc) is 3.02. The van der Waals surface area contributed by atoms with Gasteiger partial charge in [0.25, 0.3) is 0 Å². The van der Waals surface area contributed by atoms with Crippen LogP contribution in [-0.4, -0.2) is 34.5 Å². The summed E-state index contributed by atoms with van der Waals surface area (Å²) in [6.45, 7) is 5.15. The Balaban J connectivity index is 1.50. The maximum Gasteiger partial charge on any atom is 0.192 e. The second-order valence-electron chi connectivity index (χ2n) is 10.1. The molecule has 1 heterocycles. The van der Waals surface area contributed by atoms with Gasteiger partial charge in [-0.15, -0.1) is 0 Å². The van der Waals surface area contributed by atoms with E-state index in [1.807, 2.05) is 0 Å². The lowest BCUT2D eigenvalue weighted by atomic mass is 9.44. The molecule has 0 aromatic carbocycles. The van der Waals surface area contributed by atoms with E-state index >= 15 is 0 Å². The molecular weight excluding hydrogens is 316 g/mol. The monoisotopic (exact) mass is 348 g/mol. The van der Waals surface area contributed by atoms with Gasteiger partial charge < -0.3 is 14.9 Å². The maximum atomic E-state index is 12.7.